The normalized spacial score (nSPS) is 27.1. The maximum atomic E-state index is 12.2. The molecule has 1 aliphatic carbocycles. The number of ether oxygens (including phenoxy) is 2. The average Bonchev–Trinajstić information content (AvgIpc) is 3.24. The number of nitrogens with two attached hydrogens (primary N) is 1. The van der Waals surface area contributed by atoms with Crippen molar-refractivity contribution in [1.29, 1.82) is 0 Å². The fraction of sp³-hybridized carbons (Fsp3) is 0.933. The summed E-state index contributed by atoms with van der Waals surface area (Å²) >= 11 is 0. The van der Waals surface area contributed by atoms with E-state index in [0.29, 0.717) is 25.0 Å². The molecular formula is C15H28N2O3. The Kier molecular flexibility index (Phi) is 5.41. The summed E-state index contributed by atoms with van der Waals surface area (Å²) in [6.45, 7) is 5.63. The molecule has 1 saturated heterocycles. The van der Waals surface area contributed by atoms with Gasteiger partial charge >= 0.3 is 5.97 Å². The molecule has 2 N–H and O–H groups in total. The van der Waals surface area contributed by atoms with Crippen LogP contribution in [0, 0.1) is 11.8 Å². The second-order valence-corrected chi connectivity index (χ2v) is 6.23. The lowest BCUT2D eigenvalue weighted by molar-refractivity contribution is -0.151. The van der Waals surface area contributed by atoms with Gasteiger partial charge < -0.3 is 20.1 Å². The van der Waals surface area contributed by atoms with Crippen LogP contribution in [0.2, 0.25) is 0 Å². The smallest absolute Gasteiger partial charge is 0.327 e. The van der Waals surface area contributed by atoms with Gasteiger partial charge in [-0.15, -0.1) is 0 Å². The molecule has 0 spiro atoms. The summed E-state index contributed by atoms with van der Waals surface area (Å²) in [4.78, 5) is 14.6. The van der Waals surface area contributed by atoms with Crippen LogP contribution in [0.15, 0.2) is 0 Å². The van der Waals surface area contributed by atoms with E-state index in [-0.39, 0.29) is 5.97 Å². The molecule has 0 amide bonds. The number of hydrogen-bond acceptors (Lipinski definition) is 5. The van der Waals surface area contributed by atoms with Gasteiger partial charge in [-0.2, -0.15) is 0 Å². The predicted molar refractivity (Wildman–Crippen MR) is 77.3 cm³/mol. The van der Waals surface area contributed by atoms with Gasteiger partial charge in [0.25, 0.3) is 0 Å². The lowest BCUT2D eigenvalue weighted by atomic mass is 9.91. The van der Waals surface area contributed by atoms with Gasteiger partial charge in [-0.05, 0) is 51.0 Å². The maximum Gasteiger partial charge on any atom is 0.327 e. The molecule has 2 fully saturated rings. The highest BCUT2D eigenvalue weighted by Gasteiger charge is 2.50. The SMILES string of the molecule is CCOC(=O)C(N)(CN1CCCC(COC)C1)C1CC1. The van der Waals surface area contributed by atoms with Crippen LogP contribution < -0.4 is 5.73 Å². The molecule has 0 radical (unpaired) electrons. The summed E-state index contributed by atoms with van der Waals surface area (Å²) < 4.78 is 10.5. The van der Waals surface area contributed by atoms with Crippen molar-refractivity contribution >= 4 is 5.97 Å². The minimum absolute atomic E-state index is 0.226. The molecule has 0 aromatic rings. The Morgan fingerprint density at radius 2 is 2.15 bits per heavy atom. The van der Waals surface area contributed by atoms with E-state index in [1.807, 2.05) is 6.92 Å². The van der Waals surface area contributed by atoms with E-state index in [4.69, 9.17) is 15.2 Å². The van der Waals surface area contributed by atoms with Gasteiger partial charge in [0.2, 0.25) is 0 Å². The quantitative estimate of drug-likeness (QED) is 0.707. The van der Waals surface area contributed by atoms with Crippen molar-refractivity contribution in [1.82, 2.24) is 4.90 Å². The second kappa shape index (κ2) is 6.87. The molecule has 20 heavy (non-hydrogen) atoms. The molecule has 2 unspecified atom stereocenters. The number of likely N-dealkylation sites (tertiary alicyclic amines) is 1. The van der Waals surface area contributed by atoms with E-state index in [0.717, 1.165) is 39.0 Å². The topological polar surface area (TPSA) is 64.8 Å². The van der Waals surface area contributed by atoms with Gasteiger partial charge in [-0.3, -0.25) is 0 Å². The Hall–Kier alpha value is -0.650. The zero-order valence-electron chi connectivity index (χ0n) is 12.8. The van der Waals surface area contributed by atoms with E-state index < -0.39 is 5.54 Å². The fourth-order valence-corrected chi connectivity index (χ4v) is 3.26. The van der Waals surface area contributed by atoms with Gasteiger partial charge in [-0.1, -0.05) is 0 Å². The zero-order chi connectivity index (χ0) is 14.6. The van der Waals surface area contributed by atoms with Crippen molar-refractivity contribution < 1.29 is 14.3 Å². The van der Waals surface area contributed by atoms with Gasteiger partial charge in [0.05, 0.1) is 13.2 Å². The monoisotopic (exact) mass is 284 g/mol. The van der Waals surface area contributed by atoms with E-state index in [9.17, 15) is 4.79 Å². The highest BCUT2D eigenvalue weighted by atomic mass is 16.5. The van der Waals surface area contributed by atoms with Crippen LogP contribution in [0.3, 0.4) is 0 Å². The molecule has 0 aromatic carbocycles. The summed E-state index contributed by atoms with van der Waals surface area (Å²) in [7, 11) is 1.75. The molecule has 1 heterocycles. The van der Waals surface area contributed by atoms with Gasteiger partial charge in [-0.25, -0.2) is 4.79 Å². The van der Waals surface area contributed by atoms with E-state index in [1.165, 1.54) is 6.42 Å². The van der Waals surface area contributed by atoms with Gasteiger partial charge in [0.1, 0.15) is 5.54 Å². The van der Waals surface area contributed by atoms with Crippen LogP contribution in [-0.4, -0.2) is 56.4 Å². The zero-order valence-corrected chi connectivity index (χ0v) is 12.8. The first-order chi connectivity index (χ1) is 9.60. The molecule has 2 atom stereocenters. The summed E-state index contributed by atoms with van der Waals surface area (Å²) in [5, 5.41) is 0. The predicted octanol–water partition coefficient (Wildman–Crippen LogP) is 1.02. The minimum atomic E-state index is -0.815. The highest BCUT2D eigenvalue weighted by Crippen LogP contribution is 2.40. The first-order valence-electron chi connectivity index (χ1n) is 7.77. The number of carbonyl (C=O) groups excluding carboxylic acids is 1. The summed E-state index contributed by atoms with van der Waals surface area (Å²) in [5.74, 6) is 0.625. The van der Waals surface area contributed by atoms with Crippen LogP contribution in [0.5, 0.6) is 0 Å². The van der Waals surface area contributed by atoms with Crippen LogP contribution in [0.1, 0.15) is 32.6 Å². The van der Waals surface area contributed by atoms with Crippen LogP contribution in [-0.2, 0) is 14.3 Å². The van der Waals surface area contributed by atoms with E-state index in [2.05, 4.69) is 4.90 Å². The van der Waals surface area contributed by atoms with Crippen LogP contribution in [0.4, 0.5) is 0 Å². The largest absolute Gasteiger partial charge is 0.465 e. The standard InChI is InChI=1S/C15H28N2O3/c1-3-20-14(18)15(16,13-6-7-13)11-17-8-4-5-12(9-17)10-19-2/h12-13H,3-11,16H2,1-2H3. The van der Waals surface area contributed by atoms with E-state index in [1.54, 1.807) is 7.11 Å². The molecule has 5 nitrogen and oxygen atoms in total. The lowest BCUT2D eigenvalue weighted by Crippen LogP contribution is -2.59. The van der Waals surface area contributed by atoms with Crippen molar-refractivity contribution in [3.8, 4) is 0 Å². The molecule has 2 aliphatic rings. The van der Waals surface area contributed by atoms with Crippen molar-refractivity contribution in [2.75, 3.05) is 40.0 Å². The third-order valence-corrected chi connectivity index (χ3v) is 4.45. The number of carbonyl (C=O) groups is 1. The van der Waals surface area contributed by atoms with Crippen molar-refractivity contribution in [2.24, 2.45) is 17.6 Å². The molecule has 1 saturated carbocycles. The third kappa shape index (κ3) is 3.71. The second-order valence-electron chi connectivity index (χ2n) is 6.23. The Balaban J connectivity index is 1.95. The first kappa shape index (κ1) is 15.7. The lowest BCUT2D eigenvalue weighted by Gasteiger charge is -2.38. The minimum Gasteiger partial charge on any atom is -0.465 e. The molecule has 116 valence electrons. The molecule has 0 bridgehead atoms. The van der Waals surface area contributed by atoms with Crippen molar-refractivity contribution in [2.45, 2.75) is 38.1 Å². The Labute approximate surface area is 121 Å². The molecular weight excluding hydrogens is 256 g/mol. The van der Waals surface area contributed by atoms with Gasteiger partial charge in [0.15, 0.2) is 0 Å². The number of methoxy groups -OCH3 is 1. The maximum absolute atomic E-state index is 12.2. The summed E-state index contributed by atoms with van der Waals surface area (Å²) in [6, 6.07) is 0. The average molecular weight is 284 g/mol. The van der Waals surface area contributed by atoms with Crippen molar-refractivity contribution in [3.05, 3.63) is 0 Å². The van der Waals surface area contributed by atoms with Crippen LogP contribution >= 0.6 is 0 Å². The highest BCUT2D eigenvalue weighted by molar-refractivity contribution is 5.82. The van der Waals surface area contributed by atoms with Crippen LogP contribution in [0.25, 0.3) is 0 Å². The number of piperidine rings is 1. The Bertz CT molecular complexity index is 331. The fourth-order valence-electron chi connectivity index (χ4n) is 3.26. The number of nitrogens with zero attached hydrogens (tertiary/aromatic N) is 1. The summed E-state index contributed by atoms with van der Waals surface area (Å²) in [5.41, 5.74) is 5.62. The Morgan fingerprint density at radius 1 is 1.40 bits per heavy atom. The Morgan fingerprint density at radius 3 is 2.75 bits per heavy atom. The third-order valence-electron chi connectivity index (χ3n) is 4.45. The first-order valence-corrected chi connectivity index (χ1v) is 7.77. The number of esters is 1. The number of rotatable bonds is 7. The molecule has 1 aliphatic heterocycles. The van der Waals surface area contributed by atoms with Gasteiger partial charge in [0, 0.05) is 20.2 Å². The molecule has 5 heteroatoms. The van der Waals surface area contributed by atoms with Crippen molar-refractivity contribution in [3.63, 3.8) is 0 Å². The van der Waals surface area contributed by atoms with E-state index >= 15 is 0 Å². The summed E-state index contributed by atoms with van der Waals surface area (Å²) in [6.07, 6.45) is 4.44. The molecule has 0 aromatic heterocycles. The molecule has 2 rings (SSSR count). The number of hydrogen-bond donors (Lipinski definition) is 1.